The van der Waals surface area contributed by atoms with Gasteiger partial charge in [0.2, 0.25) is 0 Å². The molecule has 0 radical (unpaired) electrons. The summed E-state index contributed by atoms with van der Waals surface area (Å²) in [7, 11) is 0. The van der Waals surface area contributed by atoms with Crippen molar-refractivity contribution in [3.05, 3.63) is 29.6 Å². The maximum atomic E-state index is 13.5. The van der Waals surface area contributed by atoms with Crippen LogP contribution in [0.25, 0.3) is 0 Å². The van der Waals surface area contributed by atoms with Crippen LogP contribution in [0.2, 0.25) is 0 Å². The maximum Gasteiger partial charge on any atom is 0.332 e. The van der Waals surface area contributed by atoms with Gasteiger partial charge in [-0.15, -0.1) is 0 Å². The number of rotatable bonds is 4. The van der Waals surface area contributed by atoms with E-state index in [-0.39, 0.29) is 17.0 Å². The summed E-state index contributed by atoms with van der Waals surface area (Å²) >= 11 is 1.73. The molecule has 0 bridgehead atoms. The van der Waals surface area contributed by atoms with Crippen molar-refractivity contribution in [2.75, 3.05) is 17.7 Å². The first-order chi connectivity index (χ1) is 9.48. The number of ether oxygens (including phenoxy) is 1. The SMILES string of the molecule is CCOC(=O)C1(Nc2cc(C)cc(F)c2)CCSC1C. The number of esters is 1. The predicted octanol–water partition coefficient (Wildman–Crippen LogP) is 3.37. The average Bonchev–Trinajstić information content (AvgIpc) is 2.71. The van der Waals surface area contributed by atoms with E-state index < -0.39 is 5.54 Å². The van der Waals surface area contributed by atoms with Gasteiger partial charge >= 0.3 is 5.97 Å². The quantitative estimate of drug-likeness (QED) is 0.865. The molecule has 110 valence electrons. The summed E-state index contributed by atoms with van der Waals surface area (Å²) in [6.07, 6.45) is 0.688. The van der Waals surface area contributed by atoms with Crippen LogP contribution in [0.3, 0.4) is 0 Å². The molecule has 0 amide bonds. The summed E-state index contributed by atoms with van der Waals surface area (Å²) in [6.45, 7) is 5.98. The van der Waals surface area contributed by atoms with Gasteiger partial charge in [0.05, 0.1) is 6.61 Å². The van der Waals surface area contributed by atoms with Crippen molar-refractivity contribution in [2.45, 2.75) is 38.0 Å². The number of hydrogen-bond donors (Lipinski definition) is 1. The van der Waals surface area contributed by atoms with Gasteiger partial charge in [-0.1, -0.05) is 6.92 Å². The average molecular weight is 297 g/mol. The van der Waals surface area contributed by atoms with E-state index in [2.05, 4.69) is 5.32 Å². The first kappa shape index (κ1) is 15.2. The molecule has 1 aromatic rings. The fourth-order valence-electron chi connectivity index (χ4n) is 2.55. The molecule has 2 rings (SSSR count). The molecule has 0 aliphatic carbocycles. The Morgan fingerprint density at radius 3 is 2.85 bits per heavy atom. The van der Waals surface area contributed by atoms with Gasteiger partial charge in [-0.3, -0.25) is 0 Å². The minimum Gasteiger partial charge on any atom is -0.464 e. The van der Waals surface area contributed by atoms with Crippen molar-refractivity contribution < 1.29 is 13.9 Å². The first-order valence-corrected chi connectivity index (χ1v) is 7.87. The lowest BCUT2D eigenvalue weighted by molar-refractivity contribution is -0.148. The number of carbonyl (C=O) groups is 1. The number of hydrogen-bond acceptors (Lipinski definition) is 4. The lowest BCUT2D eigenvalue weighted by Crippen LogP contribution is -2.51. The van der Waals surface area contributed by atoms with Crippen molar-refractivity contribution in [2.24, 2.45) is 0 Å². The zero-order chi connectivity index (χ0) is 14.8. The van der Waals surface area contributed by atoms with Gasteiger partial charge in [0.1, 0.15) is 11.4 Å². The number of carbonyl (C=O) groups excluding carboxylic acids is 1. The van der Waals surface area contributed by atoms with Gasteiger partial charge in [-0.2, -0.15) is 11.8 Å². The summed E-state index contributed by atoms with van der Waals surface area (Å²) in [6, 6.07) is 4.73. The number of anilines is 1. The molecule has 20 heavy (non-hydrogen) atoms. The van der Waals surface area contributed by atoms with Crippen molar-refractivity contribution in [1.82, 2.24) is 0 Å². The highest BCUT2D eigenvalue weighted by Gasteiger charge is 2.48. The Kier molecular flexibility index (Phi) is 4.58. The second-order valence-corrected chi connectivity index (χ2v) is 6.55. The molecule has 2 atom stereocenters. The normalized spacial score (nSPS) is 25.5. The van der Waals surface area contributed by atoms with E-state index in [4.69, 9.17) is 4.74 Å². The molecule has 2 unspecified atom stereocenters. The molecule has 1 fully saturated rings. The molecule has 1 aliphatic rings. The van der Waals surface area contributed by atoms with Crippen LogP contribution in [0.4, 0.5) is 10.1 Å². The molecule has 1 aromatic carbocycles. The minimum atomic E-state index is -0.763. The van der Waals surface area contributed by atoms with Crippen LogP contribution >= 0.6 is 11.8 Å². The van der Waals surface area contributed by atoms with E-state index in [9.17, 15) is 9.18 Å². The molecule has 1 aliphatic heterocycles. The second-order valence-electron chi connectivity index (χ2n) is 5.10. The molecule has 1 saturated heterocycles. The molecule has 0 saturated carbocycles. The van der Waals surface area contributed by atoms with E-state index in [0.29, 0.717) is 18.7 Å². The van der Waals surface area contributed by atoms with Crippen molar-refractivity contribution in [1.29, 1.82) is 0 Å². The third-order valence-corrected chi connectivity index (χ3v) is 4.95. The van der Waals surface area contributed by atoms with Crippen LogP contribution in [-0.2, 0) is 9.53 Å². The molecule has 5 heteroatoms. The van der Waals surface area contributed by atoms with Crippen LogP contribution < -0.4 is 5.32 Å². The standard InChI is InChI=1S/C15H20FNO2S/c1-4-19-14(18)15(5-6-20-11(15)3)17-13-8-10(2)7-12(16)9-13/h7-9,11,17H,4-6H2,1-3H3. The molecular weight excluding hydrogens is 277 g/mol. The monoisotopic (exact) mass is 297 g/mol. The number of aryl methyl sites for hydroxylation is 1. The first-order valence-electron chi connectivity index (χ1n) is 6.82. The van der Waals surface area contributed by atoms with E-state index in [0.717, 1.165) is 11.3 Å². The summed E-state index contributed by atoms with van der Waals surface area (Å²) in [5, 5.41) is 3.32. The number of benzene rings is 1. The molecule has 0 spiro atoms. The molecule has 1 N–H and O–H groups in total. The van der Waals surface area contributed by atoms with Gasteiger partial charge in [-0.05, 0) is 49.8 Å². The van der Waals surface area contributed by atoms with Crippen LogP contribution in [0.1, 0.15) is 25.8 Å². The van der Waals surface area contributed by atoms with Crippen LogP contribution in [-0.4, -0.2) is 29.1 Å². The van der Waals surface area contributed by atoms with Crippen LogP contribution in [0.5, 0.6) is 0 Å². The van der Waals surface area contributed by atoms with E-state index in [1.807, 2.05) is 19.9 Å². The summed E-state index contributed by atoms with van der Waals surface area (Å²) in [5.74, 6) is 0.339. The second kappa shape index (κ2) is 6.04. The molecule has 0 aromatic heterocycles. The fraction of sp³-hybridized carbons (Fsp3) is 0.533. The Morgan fingerprint density at radius 2 is 2.30 bits per heavy atom. The Hall–Kier alpha value is -1.23. The summed E-state index contributed by atoms with van der Waals surface area (Å²) in [4.78, 5) is 12.4. The lowest BCUT2D eigenvalue weighted by atomic mass is 9.92. The van der Waals surface area contributed by atoms with Gasteiger partial charge in [0.25, 0.3) is 0 Å². The topological polar surface area (TPSA) is 38.3 Å². The third-order valence-electron chi connectivity index (χ3n) is 3.61. The molecule has 3 nitrogen and oxygen atoms in total. The Bertz CT molecular complexity index is 488. The van der Waals surface area contributed by atoms with Crippen LogP contribution in [0.15, 0.2) is 18.2 Å². The highest BCUT2D eigenvalue weighted by molar-refractivity contribution is 8.00. The number of halogens is 1. The smallest absolute Gasteiger partial charge is 0.332 e. The van der Waals surface area contributed by atoms with E-state index in [1.165, 1.54) is 12.1 Å². The minimum absolute atomic E-state index is 0.0881. The Morgan fingerprint density at radius 1 is 1.55 bits per heavy atom. The van der Waals surface area contributed by atoms with Gasteiger partial charge in [0, 0.05) is 10.9 Å². The van der Waals surface area contributed by atoms with Crippen molar-refractivity contribution in [3.63, 3.8) is 0 Å². The Balaban J connectivity index is 2.31. The largest absolute Gasteiger partial charge is 0.464 e. The van der Waals surface area contributed by atoms with Crippen molar-refractivity contribution in [3.8, 4) is 0 Å². The van der Waals surface area contributed by atoms with E-state index in [1.54, 1.807) is 18.7 Å². The lowest BCUT2D eigenvalue weighted by Gasteiger charge is -2.32. The maximum absolute atomic E-state index is 13.5. The fourth-order valence-corrected chi connectivity index (χ4v) is 3.90. The molecular formula is C15H20FNO2S. The summed E-state index contributed by atoms with van der Waals surface area (Å²) < 4.78 is 18.7. The van der Waals surface area contributed by atoms with Gasteiger partial charge in [-0.25, -0.2) is 9.18 Å². The molecule has 1 heterocycles. The van der Waals surface area contributed by atoms with Crippen molar-refractivity contribution >= 4 is 23.4 Å². The van der Waals surface area contributed by atoms with E-state index >= 15 is 0 Å². The van der Waals surface area contributed by atoms with Gasteiger partial charge in [0.15, 0.2) is 0 Å². The highest BCUT2D eigenvalue weighted by Crippen LogP contribution is 2.39. The zero-order valence-corrected chi connectivity index (χ0v) is 12.8. The van der Waals surface area contributed by atoms with Gasteiger partial charge < -0.3 is 10.1 Å². The zero-order valence-electron chi connectivity index (χ0n) is 12.0. The number of thioether (sulfide) groups is 1. The Labute approximate surface area is 123 Å². The highest BCUT2D eigenvalue weighted by atomic mass is 32.2. The summed E-state index contributed by atoms with van der Waals surface area (Å²) in [5.41, 5.74) is 0.690. The third kappa shape index (κ3) is 2.92. The predicted molar refractivity (Wildman–Crippen MR) is 80.7 cm³/mol. The number of nitrogens with one attached hydrogen (secondary N) is 1. The van der Waals surface area contributed by atoms with Crippen LogP contribution in [0, 0.1) is 12.7 Å².